The smallest absolute Gasteiger partial charge is 0.0509 e. The van der Waals surface area contributed by atoms with Gasteiger partial charge in [0.15, 0.2) is 0 Å². The lowest BCUT2D eigenvalue weighted by Crippen LogP contribution is -2.45. The Kier molecular flexibility index (Phi) is 1.69. The fourth-order valence-electron chi connectivity index (χ4n) is 0.834. The third-order valence-electron chi connectivity index (χ3n) is 1.58. The Bertz CT molecular complexity index is 149. The monoisotopic (exact) mass is 124 g/mol. The van der Waals surface area contributed by atoms with Crippen LogP contribution in [0.5, 0.6) is 0 Å². The summed E-state index contributed by atoms with van der Waals surface area (Å²) in [5.74, 6) is 5.30. The molecule has 2 nitrogen and oxygen atoms in total. The van der Waals surface area contributed by atoms with Crippen LogP contribution in [-0.2, 0) is 0 Å². The van der Waals surface area contributed by atoms with Crippen LogP contribution >= 0.6 is 0 Å². The second kappa shape index (κ2) is 2.33. The van der Waals surface area contributed by atoms with Crippen LogP contribution in [0.15, 0.2) is 24.3 Å². The SMILES string of the molecule is C[C@@]1(NN)C=CC=CC1. The maximum absolute atomic E-state index is 5.30. The average Bonchev–Trinajstić information content (AvgIpc) is 1.90. The van der Waals surface area contributed by atoms with E-state index in [1.807, 2.05) is 12.2 Å². The molecular weight excluding hydrogens is 112 g/mol. The first-order valence-corrected chi connectivity index (χ1v) is 3.09. The van der Waals surface area contributed by atoms with Crippen LogP contribution in [-0.4, -0.2) is 5.54 Å². The van der Waals surface area contributed by atoms with Gasteiger partial charge < -0.3 is 0 Å². The number of allylic oxidation sites excluding steroid dienone is 2. The Labute approximate surface area is 55.4 Å². The van der Waals surface area contributed by atoms with E-state index in [-0.39, 0.29) is 5.54 Å². The summed E-state index contributed by atoms with van der Waals surface area (Å²) in [6.45, 7) is 2.06. The molecule has 50 valence electrons. The molecule has 1 aliphatic rings. The molecule has 2 heteroatoms. The molecule has 0 bridgehead atoms. The molecule has 0 aliphatic heterocycles. The van der Waals surface area contributed by atoms with Crippen LogP contribution in [0.2, 0.25) is 0 Å². The van der Waals surface area contributed by atoms with Crippen LogP contribution in [0.4, 0.5) is 0 Å². The lowest BCUT2D eigenvalue weighted by atomic mass is 9.95. The maximum atomic E-state index is 5.30. The molecule has 0 fully saturated rings. The molecule has 3 N–H and O–H groups in total. The standard InChI is InChI=1S/C7H12N2/c1-7(9-8)5-3-2-4-6-7/h2-5,9H,6,8H2,1H3/t7-/m1/s1. The molecule has 0 aromatic heterocycles. The van der Waals surface area contributed by atoms with E-state index in [2.05, 4.69) is 24.5 Å². The van der Waals surface area contributed by atoms with Gasteiger partial charge in [0, 0.05) is 0 Å². The van der Waals surface area contributed by atoms with Gasteiger partial charge in [0.2, 0.25) is 0 Å². The van der Waals surface area contributed by atoms with Crippen molar-refractivity contribution in [1.29, 1.82) is 0 Å². The molecule has 0 radical (unpaired) electrons. The van der Waals surface area contributed by atoms with E-state index in [9.17, 15) is 0 Å². The van der Waals surface area contributed by atoms with Crippen molar-refractivity contribution in [1.82, 2.24) is 5.43 Å². The van der Waals surface area contributed by atoms with E-state index in [1.54, 1.807) is 0 Å². The molecule has 0 aromatic carbocycles. The van der Waals surface area contributed by atoms with Gasteiger partial charge in [-0.25, -0.2) is 0 Å². The Morgan fingerprint density at radius 3 is 2.67 bits per heavy atom. The topological polar surface area (TPSA) is 38.0 Å². The number of nitrogens with two attached hydrogens (primary N) is 1. The molecule has 0 saturated heterocycles. The largest absolute Gasteiger partial charge is 0.271 e. The number of hydrazine groups is 1. The van der Waals surface area contributed by atoms with Crippen LogP contribution in [0.25, 0.3) is 0 Å². The summed E-state index contributed by atoms with van der Waals surface area (Å²) in [6, 6.07) is 0. The normalized spacial score (nSPS) is 33.1. The van der Waals surface area contributed by atoms with Crippen molar-refractivity contribution in [2.75, 3.05) is 0 Å². The van der Waals surface area contributed by atoms with Crippen molar-refractivity contribution >= 4 is 0 Å². The zero-order valence-corrected chi connectivity index (χ0v) is 5.59. The second-order valence-electron chi connectivity index (χ2n) is 2.55. The van der Waals surface area contributed by atoms with Crippen molar-refractivity contribution in [2.45, 2.75) is 18.9 Å². The first-order chi connectivity index (χ1) is 4.27. The third kappa shape index (κ3) is 1.40. The van der Waals surface area contributed by atoms with Gasteiger partial charge in [0.25, 0.3) is 0 Å². The van der Waals surface area contributed by atoms with Crippen LogP contribution in [0, 0.1) is 0 Å². The van der Waals surface area contributed by atoms with E-state index < -0.39 is 0 Å². The highest BCUT2D eigenvalue weighted by Gasteiger charge is 2.17. The van der Waals surface area contributed by atoms with Gasteiger partial charge in [-0.3, -0.25) is 11.3 Å². The minimum atomic E-state index is -0.0191. The van der Waals surface area contributed by atoms with E-state index >= 15 is 0 Å². The molecule has 0 amide bonds. The van der Waals surface area contributed by atoms with E-state index in [4.69, 9.17) is 5.84 Å². The minimum absolute atomic E-state index is 0.0191. The number of hydrogen-bond donors (Lipinski definition) is 2. The van der Waals surface area contributed by atoms with Gasteiger partial charge in [-0.2, -0.15) is 0 Å². The third-order valence-corrected chi connectivity index (χ3v) is 1.58. The summed E-state index contributed by atoms with van der Waals surface area (Å²) < 4.78 is 0. The summed E-state index contributed by atoms with van der Waals surface area (Å²) in [7, 11) is 0. The highest BCUT2D eigenvalue weighted by Crippen LogP contribution is 2.14. The quantitative estimate of drug-likeness (QED) is 0.399. The summed E-state index contributed by atoms with van der Waals surface area (Å²) >= 11 is 0. The Morgan fingerprint density at radius 1 is 1.56 bits per heavy atom. The first kappa shape index (κ1) is 6.52. The van der Waals surface area contributed by atoms with Crippen LogP contribution < -0.4 is 11.3 Å². The van der Waals surface area contributed by atoms with Gasteiger partial charge in [-0.15, -0.1) is 0 Å². The molecule has 0 spiro atoms. The van der Waals surface area contributed by atoms with Gasteiger partial charge in [-0.05, 0) is 13.3 Å². The van der Waals surface area contributed by atoms with Crippen LogP contribution in [0.3, 0.4) is 0 Å². The molecule has 1 atom stereocenters. The van der Waals surface area contributed by atoms with Crippen molar-refractivity contribution < 1.29 is 0 Å². The fourth-order valence-corrected chi connectivity index (χ4v) is 0.834. The van der Waals surface area contributed by atoms with Gasteiger partial charge >= 0.3 is 0 Å². The van der Waals surface area contributed by atoms with Gasteiger partial charge in [0.1, 0.15) is 0 Å². The van der Waals surface area contributed by atoms with E-state index in [0.29, 0.717) is 0 Å². The van der Waals surface area contributed by atoms with Crippen molar-refractivity contribution in [3.05, 3.63) is 24.3 Å². The molecule has 1 aliphatic carbocycles. The summed E-state index contributed by atoms with van der Waals surface area (Å²) in [5, 5.41) is 0. The summed E-state index contributed by atoms with van der Waals surface area (Å²) in [4.78, 5) is 0. The molecular formula is C7H12N2. The van der Waals surface area contributed by atoms with Crippen molar-refractivity contribution in [3.8, 4) is 0 Å². The lowest BCUT2D eigenvalue weighted by molar-refractivity contribution is 0.450. The zero-order valence-electron chi connectivity index (χ0n) is 5.59. The number of rotatable bonds is 1. The highest BCUT2D eigenvalue weighted by molar-refractivity contribution is 5.18. The lowest BCUT2D eigenvalue weighted by Gasteiger charge is -2.24. The molecule has 0 aromatic rings. The first-order valence-electron chi connectivity index (χ1n) is 3.09. The molecule has 0 heterocycles. The highest BCUT2D eigenvalue weighted by atomic mass is 15.3. The van der Waals surface area contributed by atoms with Crippen LogP contribution in [0.1, 0.15) is 13.3 Å². The molecule has 0 saturated carbocycles. The Hall–Kier alpha value is -0.600. The van der Waals surface area contributed by atoms with Gasteiger partial charge in [0.05, 0.1) is 5.54 Å². The zero-order chi connectivity index (χ0) is 6.74. The second-order valence-corrected chi connectivity index (χ2v) is 2.55. The van der Waals surface area contributed by atoms with Crippen molar-refractivity contribution in [3.63, 3.8) is 0 Å². The maximum Gasteiger partial charge on any atom is 0.0509 e. The molecule has 1 rings (SSSR count). The fraction of sp³-hybridized carbons (Fsp3) is 0.429. The van der Waals surface area contributed by atoms with E-state index in [1.165, 1.54) is 0 Å². The Morgan fingerprint density at radius 2 is 2.33 bits per heavy atom. The van der Waals surface area contributed by atoms with Crippen molar-refractivity contribution in [2.24, 2.45) is 5.84 Å². The summed E-state index contributed by atoms with van der Waals surface area (Å²) in [6.07, 6.45) is 9.16. The minimum Gasteiger partial charge on any atom is -0.271 e. The predicted octanol–water partition coefficient (Wildman–Crippen LogP) is 0.725. The predicted molar refractivity (Wildman–Crippen MR) is 38.6 cm³/mol. The Balaban J connectivity index is 2.63. The number of hydrogen-bond acceptors (Lipinski definition) is 2. The molecule has 0 unspecified atom stereocenters. The van der Waals surface area contributed by atoms with Gasteiger partial charge in [-0.1, -0.05) is 24.3 Å². The van der Waals surface area contributed by atoms with E-state index in [0.717, 1.165) is 6.42 Å². The number of nitrogens with one attached hydrogen (secondary N) is 1. The summed E-state index contributed by atoms with van der Waals surface area (Å²) in [5.41, 5.74) is 2.72. The molecule has 9 heavy (non-hydrogen) atoms. The average molecular weight is 124 g/mol.